The lowest BCUT2D eigenvalue weighted by molar-refractivity contribution is 0.175. The van der Waals surface area contributed by atoms with E-state index in [0.29, 0.717) is 5.92 Å². The fraction of sp³-hybridized carbons (Fsp3) is 0.385. The fourth-order valence-corrected chi connectivity index (χ4v) is 4.77. The summed E-state index contributed by atoms with van der Waals surface area (Å²) in [5.74, 6) is 0.389. The second-order valence-corrected chi connectivity index (χ2v) is 8.53. The molecule has 2 unspecified atom stereocenters. The van der Waals surface area contributed by atoms with Crippen molar-refractivity contribution in [2.75, 3.05) is 0 Å². The molecule has 1 aliphatic rings. The lowest BCUT2D eigenvalue weighted by Gasteiger charge is -2.21. The molecule has 2 heteroatoms. The van der Waals surface area contributed by atoms with Gasteiger partial charge in [-0.25, -0.2) is 0 Å². The summed E-state index contributed by atoms with van der Waals surface area (Å²) in [4.78, 5) is 0. The molecule has 1 aromatic rings. The summed E-state index contributed by atoms with van der Waals surface area (Å²) in [6.45, 7) is 10.6. The van der Waals surface area contributed by atoms with Gasteiger partial charge in [-0.05, 0) is 23.8 Å². The third-order valence-electron chi connectivity index (χ3n) is 3.19. The number of benzene rings is 1. The molecule has 1 aromatic carbocycles. The van der Waals surface area contributed by atoms with Crippen molar-refractivity contribution in [3.05, 3.63) is 42.5 Å². The van der Waals surface area contributed by atoms with E-state index in [2.05, 4.69) is 50.9 Å². The Morgan fingerprint density at radius 3 is 2.73 bits per heavy atom. The zero-order chi connectivity index (χ0) is 11.1. The number of fused-ring (bicyclic) bond motifs is 1. The van der Waals surface area contributed by atoms with Gasteiger partial charge in [0.25, 0.3) is 0 Å². The van der Waals surface area contributed by atoms with E-state index in [4.69, 9.17) is 4.43 Å². The number of hydrogen-bond donors (Lipinski definition) is 0. The van der Waals surface area contributed by atoms with Crippen LogP contribution < -0.4 is 5.19 Å². The summed E-state index contributed by atoms with van der Waals surface area (Å²) in [7, 11) is -1.65. The van der Waals surface area contributed by atoms with Crippen molar-refractivity contribution in [3.8, 4) is 0 Å². The minimum Gasteiger partial charge on any atom is -0.405 e. The first-order chi connectivity index (χ1) is 7.06. The maximum Gasteiger partial charge on any atom is 0.219 e. The third kappa shape index (κ3) is 1.68. The molecule has 2 rings (SSSR count). The predicted molar refractivity (Wildman–Crippen MR) is 66.7 cm³/mol. The van der Waals surface area contributed by atoms with Gasteiger partial charge in [0, 0.05) is 5.92 Å². The van der Waals surface area contributed by atoms with Crippen molar-refractivity contribution >= 4 is 13.5 Å². The normalized spacial score (nSPS) is 24.6. The van der Waals surface area contributed by atoms with Crippen LogP contribution in [0.2, 0.25) is 13.1 Å². The molecule has 15 heavy (non-hydrogen) atoms. The smallest absolute Gasteiger partial charge is 0.219 e. The molecule has 0 aliphatic carbocycles. The zero-order valence-electron chi connectivity index (χ0n) is 9.66. The number of hydrogen-bond acceptors (Lipinski definition) is 1. The van der Waals surface area contributed by atoms with Gasteiger partial charge in [0.2, 0.25) is 8.32 Å². The molecule has 0 amide bonds. The average Bonchev–Trinajstić information content (AvgIpc) is 2.51. The highest BCUT2D eigenvalue weighted by atomic mass is 28.4. The quantitative estimate of drug-likeness (QED) is 0.548. The minimum absolute atomic E-state index is 0.223. The van der Waals surface area contributed by atoms with Gasteiger partial charge in [-0.1, -0.05) is 37.3 Å². The van der Waals surface area contributed by atoms with Crippen molar-refractivity contribution in [3.63, 3.8) is 0 Å². The Balaban J connectivity index is 2.47. The average molecular weight is 218 g/mol. The van der Waals surface area contributed by atoms with Crippen LogP contribution in [0.25, 0.3) is 0 Å². The Kier molecular flexibility index (Phi) is 2.57. The van der Waals surface area contributed by atoms with Crippen molar-refractivity contribution in [2.24, 2.45) is 5.92 Å². The monoisotopic (exact) mass is 218 g/mol. The first-order valence-electron chi connectivity index (χ1n) is 5.46. The van der Waals surface area contributed by atoms with Gasteiger partial charge < -0.3 is 4.43 Å². The van der Waals surface area contributed by atoms with Gasteiger partial charge >= 0.3 is 0 Å². The van der Waals surface area contributed by atoms with Gasteiger partial charge in [0.15, 0.2) is 0 Å². The molecule has 1 aliphatic heterocycles. The first-order valence-corrected chi connectivity index (χ1v) is 8.37. The van der Waals surface area contributed by atoms with Gasteiger partial charge in [0.05, 0.1) is 6.10 Å². The minimum atomic E-state index is -1.65. The molecular formula is C13H18OSi. The van der Waals surface area contributed by atoms with Crippen molar-refractivity contribution in [1.29, 1.82) is 0 Å². The van der Waals surface area contributed by atoms with Crippen LogP contribution in [-0.2, 0) is 4.43 Å². The van der Waals surface area contributed by atoms with Crippen molar-refractivity contribution in [2.45, 2.75) is 26.1 Å². The van der Waals surface area contributed by atoms with E-state index in [-0.39, 0.29) is 6.10 Å². The van der Waals surface area contributed by atoms with Gasteiger partial charge in [-0.3, -0.25) is 0 Å². The van der Waals surface area contributed by atoms with E-state index < -0.39 is 8.32 Å². The Bertz CT molecular complexity index is 384. The van der Waals surface area contributed by atoms with Crippen LogP contribution in [0, 0.1) is 5.92 Å². The van der Waals surface area contributed by atoms with Crippen LogP contribution >= 0.6 is 0 Å². The molecule has 0 saturated carbocycles. The van der Waals surface area contributed by atoms with Crippen LogP contribution in [0.1, 0.15) is 18.6 Å². The van der Waals surface area contributed by atoms with Crippen molar-refractivity contribution < 1.29 is 4.43 Å². The fourth-order valence-electron chi connectivity index (χ4n) is 2.25. The maximum absolute atomic E-state index is 6.24. The molecular weight excluding hydrogens is 200 g/mol. The van der Waals surface area contributed by atoms with Crippen LogP contribution in [0.5, 0.6) is 0 Å². The molecule has 0 bridgehead atoms. The summed E-state index contributed by atoms with van der Waals surface area (Å²) in [5, 5.41) is 1.45. The van der Waals surface area contributed by atoms with E-state index in [9.17, 15) is 0 Å². The lowest BCUT2D eigenvalue weighted by Crippen LogP contribution is -2.39. The van der Waals surface area contributed by atoms with Gasteiger partial charge in [0.1, 0.15) is 0 Å². The molecule has 2 atom stereocenters. The molecule has 0 aromatic heterocycles. The lowest BCUT2D eigenvalue weighted by atomic mass is 9.98. The molecule has 0 N–H and O–H groups in total. The van der Waals surface area contributed by atoms with Crippen molar-refractivity contribution in [1.82, 2.24) is 0 Å². The van der Waals surface area contributed by atoms with Crippen LogP contribution in [0.4, 0.5) is 0 Å². The zero-order valence-corrected chi connectivity index (χ0v) is 10.7. The molecule has 1 nitrogen and oxygen atoms in total. The van der Waals surface area contributed by atoms with Crippen LogP contribution in [0.3, 0.4) is 0 Å². The number of rotatable bonds is 2. The second-order valence-electron chi connectivity index (χ2n) is 4.73. The summed E-state index contributed by atoms with van der Waals surface area (Å²) < 4.78 is 6.24. The SMILES string of the molecule is C=CC(C)C1O[Si](C)(C)c2ccccc21. The third-order valence-corrected chi connectivity index (χ3v) is 5.78. The molecule has 0 saturated heterocycles. The predicted octanol–water partition coefficient (Wildman–Crippen LogP) is 2.99. The summed E-state index contributed by atoms with van der Waals surface area (Å²) >= 11 is 0. The summed E-state index contributed by atoms with van der Waals surface area (Å²) in [6.07, 6.45) is 2.21. The van der Waals surface area contributed by atoms with E-state index in [1.54, 1.807) is 0 Å². The largest absolute Gasteiger partial charge is 0.405 e. The van der Waals surface area contributed by atoms with E-state index in [1.165, 1.54) is 10.8 Å². The molecule has 1 heterocycles. The van der Waals surface area contributed by atoms with E-state index in [0.717, 1.165) is 0 Å². The highest BCUT2D eigenvalue weighted by Crippen LogP contribution is 2.35. The summed E-state index contributed by atoms with van der Waals surface area (Å²) in [5.41, 5.74) is 1.38. The van der Waals surface area contributed by atoms with E-state index in [1.807, 2.05) is 6.08 Å². The Hall–Kier alpha value is -0.863. The van der Waals surface area contributed by atoms with Crippen LogP contribution in [-0.4, -0.2) is 8.32 Å². The van der Waals surface area contributed by atoms with Gasteiger partial charge in [-0.2, -0.15) is 0 Å². The molecule has 0 spiro atoms. The van der Waals surface area contributed by atoms with Crippen LogP contribution in [0.15, 0.2) is 36.9 Å². The first kappa shape index (κ1) is 10.6. The Morgan fingerprint density at radius 2 is 2.07 bits per heavy atom. The van der Waals surface area contributed by atoms with Gasteiger partial charge in [-0.15, -0.1) is 6.58 Å². The molecule has 80 valence electrons. The topological polar surface area (TPSA) is 9.23 Å². The molecule has 0 radical (unpaired) electrons. The van der Waals surface area contributed by atoms with E-state index >= 15 is 0 Å². The maximum atomic E-state index is 6.24. The molecule has 0 fully saturated rings. The standard InChI is InChI=1S/C13H18OSi/c1-5-10(2)13-11-8-6-7-9-12(11)15(3,4)14-13/h5-10,13H,1H2,2-4H3. The Labute approximate surface area is 92.9 Å². The second kappa shape index (κ2) is 3.61. The highest BCUT2D eigenvalue weighted by Gasteiger charge is 2.40. The Morgan fingerprint density at radius 1 is 1.40 bits per heavy atom. The summed E-state index contributed by atoms with van der Waals surface area (Å²) in [6, 6.07) is 8.62. The highest BCUT2D eigenvalue weighted by molar-refractivity contribution is 6.85.